The van der Waals surface area contributed by atoms with E-state index in [-0.39, 0.29) is 17.4 Å². The maximum Gasteiger partial charge on any atom is 0.214 e. The number of quaternary nitrogens is 1. The molecule has 0 unspecified atom stereocenters. The zero-order valence-electron chi connectivity index (χ0n) is 17.2. The van der Waals surface area contributed by atoms with Crippen molar-refractivity contribution in [2.24, 2.45) is 0 Å². The number of anilines is 1. The third kappa shape index (κ3) is 4.15. The lowest BCUT2D eigenvalue weighted by molar-refractivity contribution is -0.927. The Labute approximate surface area is 170 Å². The van der Waals surface area contributed by atoms with E-state index in [0.717, 1.165) is 37.6 Å². The molecule has 3 aromatic rings. The van der Waals surface area contributed by atoms with Gasteiger partial charge in [0.25, 0.3) is 0 Å². The molecule has 4 rings (SSSR count). The highest BCUT2D eigenvalue weighted by Crippen LogP contribution is 2.23. The lowest BCUT2D eigenvalue weighted by Gasteiger charge is -2.37. The molecule has 0 spiro atoms. The topological polar surface area (TPSA) is 51.3 Å². The Kier molecular flexibility index (Phi) is 5.32. The summed E-state index contributed by atoms with van der Waals surface area (Å²) in [7, 11) is 0. The van der Waals surface area contributed by atoms with Crippen LogP contribution < -0.4 is 9.80 Å². The largest absolute Gasteiger partial charge is 0.360 e. The Balaban J connectivity index is 1.64. The van der Waals surface area contributed by atoms with Crippen LogP contribution in [0.4, 0.5) is 10.1 Å². The molecular formula is C22H28FN6+. The minimum atomic E-state index is -0.234. The summed E-state index contributed by atoms with van der Waals surface area (Å²) < 4.78 is 15.5. The van der Waals surface area contributed by atoms with E-state index in [2.05, 4.69) is 65.5 Å². The Morgan fingerprint density at radius 3 is 2.24 bits per heavy atom. The van der Waals surface area contributed by atoms with Crippen molar-refractivity contribution in [3.05, 3.63) is 71.8 Å². The highest BCUT2D eigenvalue weighted by atomic mass is 19.1. The predicted molar refractivity (Wildman–Crippen MR) is 110 cm³/mol. The van der Waals surface area contributed by atoms with E-state index in [0.29, 0.717) is 0 Å². The molecule has 1 aliphatic heterocycles. The van der Waals surface area contributed by atoms with Crippen LogP contribution in [0, 0.1) is 5.82 Å². The molecule has 1 N–H and O–H groups in total. The lowest BCUT2D eigenvalue weighted by atomic mass is 10.0. The van der Waals surface area contributed by atoms with Gasteiger partial charge in [-0.2, -0.15) is 0 Å². The van der Waals surface area contributed by atoms with Crippen LogP contribution in [0.5, 0.6) is 0 Å². The molecule has 0 aliphatic carbocycles. The first-order valence-electron chi connectivity index (χ1n) is 10.1. The van der Waals surface area contributed by atoms with E-state index in [9.17, 15) is 4.39 Å². The van der Waals surface area contributed by atoms with Gasteiger partial charge in [0.05, 0.1) is 31.7 Å². The van der Waals surface area contributed by atoms with Gasteiger partial charge in [0.1, 0.15) is 5.82 Å². The van der Waals surface area contributed by atoms with Gasteiger partial charge in [-0.15, -0.1) is 5.10 Å². The maximum atomic E-state index is 13.6. The van der Waals surface area contributed by atoms with Gasteiger partial charge in [0, 0.05) is 11.3 Å². The standard InChI is InChI=1S/C22H27FN6/c1-22(2,3)29-21(24-25-26-29)20(17-9-11-18(23)12-10-17)28-15-13-27(14-16-28)19-7-5-4-6-8-19/h4-12,20H,13-16H2,1-3H3/p+1/t20-/m0/s1. The minimum Gasteiger partial charge on any atom is -0.360 e. The monoisotopic (exact) mass is 395 g/mol. The van der Waals surface area contributed by atoms with Crippen molar-refractivity contribution >= 4 is 5.69 Å². The molecule has 0 radical (unpaired) electrons. The third-order valence-corrected chi connectivity index (χ3v) is 5.53. The number of rotatable bonds is 4. The van der Waals surface area contributed by atoms with E-state index < -0.39 is 0 Å². The number of nitrogens with one attached hydrogen (secondary N) is 1. The van der Waals surface area contributed by atoms with Gasteiger partial charge in [-0.25, -0.2) is 9.07 Å². The smallest absolute Gasteiger partial charge is 0.214 e. The van der Waals surface area contributed by atoms with Gasteiger partial charge >= 0.3 is 0 Å². The zero-order chi connectivity index (χ0) is 20.4. The molecule has 0 bridgehead atoms. The summed E-state index contributed by atoms with van der Waals surface area (Å²) in [5.74, 6) is 0.596. The fraction of sp³-hybridized carbons (Fsp3) is 0.409. The Morgan fingerprint density at radius 1 is 0.966 bits per heavy atom. The number of benzene rings is 2. The molecule has 1 fully saturated rings. The Morgan fingerprint density at radius 2 is 1.62 bits per heavy atom. The molecule has 7 heteroatoms. The molecule has 29 heavy (non-hydrogen) atoms. The van der Waals surface area contributed by atoms with Crippen LogP contribution in [-0.4, -0.2) is 46.4 Å². The van der Waals surface area contributed by atoms with Crippen LogP contribution in [0.3, 0.4) is 0 Å². The van der Waals surface area contributed by atoms with Gasteiger partial charge in [-0.1, -0.05) is 18.2 Å². The van der Waals surface area contributed by atoms with Crippen LogP contribution in [0.2, 0.25) is 0 Å². The average Bonchev–Trinajstić information content (AvgIpc) is 3.21. The number of hydrogen-bond donors (Lipinski definition) is 1. The molecule has 0 amide bonds. The molecule has 1 saturated heterocycles. The number of para-hydroxylation sites is 1. The second-order valence-electron chi connectivity index (χ2n) is 8.59. The number of tetrazole rings is 1. The molecule has 1 aromatic heterocycles. The van der Waals surface area contributed by atoms with Crippen LogP contribution in [0.25, 0.3) is 0 Å². The highest BCUT2D eigenvalue weighted by molar-refractivity contribution is 5.46. The zero-order valence-corrected chi connectivity index (χ0v) is 17.2. The summed E-state index contributed by atoms with van der Waals surface area (Å²) in [6, 6.07) is 17.2. The van der Waals surface area contributed by atoms with E-state index in [1.165, 1.54) is 22.7 Å². The van der Waals surface area contributed by atoms with Crippen molar-refractivity contribution in [3.63, 3.8) is 0 Å². The van der Waals surface area contributed by atoms with Crippen molar-refractivity contribution in [1.29, 1.82) is 0 Å². The molecule has 1 atom stereocenters. The predicted octanol–water partition coefficient (Wildman–Crippen LogP) is 2.06. The van der Waals surface area contributed by atoms with Gasteiger partial charge in [0.2, 0.25) is 5.82 Å². The first-order valence-corrected chi connectivity index (χ1v) is 10.1. The lowest BCUT2D eigenvalue weighted by Crippen LogP contribution is -3.15. The van der Waals surface area contributed by atoms with Crippen LogP contribution in [-0.2, 0) is 5.54 Å². The first-order chi connectivity index (χ1) is 13.9. The van der Waals surface area contributed by atoms with Gasteiger partial charge in [-0.05, 0) is 67.6 Å². The van der Waals surface area contributed by atoms with Crippen molar-refractivity contribution in [2.45, 2.75) is 32.4 Å². The number of halogens is 1. The van der Waals surface area contributed by atoms with Crippen molar-refractivity contribution in [1.82, 2.24) is 20.2 Å². The third-order valence-electron chi connectivity index (χ3n) is 5.53. The Bertz CT molecular complexity index is 924. The summed E-state index contributed by atoms with van der Waals surface area (Å²) in [4.78, 5) is 3.81. The summed E-state index contributed by atoms with van der Waals surface area (Å²) in [5.41, 5.74) is 2.06. The molecule has 2 heterocycles. The number of aromatic nitrogens is 4. The van der Waals surface area contributed by atoms with Crippen molar-refractivity contribution in [3.8, 4) is 0 Å². The summed E-state index contributed by atoms with van der Waals surface area (Å²) in [6.07, 6.45) is 0. The molecule has 0 saturated carbocycles. The summed E-state index contributed by atoms with van der Waals surface area (Å²) in [6.45, 7) is 10.1. The second-order valence-corrected chi connectivity index (χ2v) is 8.59. The summed E-state index contributed by atoms with van der Waals surface area (Å²) in [5, 5.41) is 12.6. The molecule has 2 aromatic carbocycles. The van der Waals surface area contributed by atoms with Crippen molar-refractivity contribution in [2.75, 3.05) is 31.1 Å². The fourth-order valence-corrected chi connectivity index (χ4v) is 4.05. The number of piperazine rings is 1. The second kappa shape index (κ2) is 7.91. The van der Waals surface area contributed by atoms with Crippen molar-refractivity contribution < 1.29 is 9.29 Å². The molecule has 1 aliphatic rings. The van der Waals surface area contributed by atoms with Crippen LogP contribution in [0.15, 0.2) is 54.6 Å². The van der Waals surface area contributed by atoms with E-state index in [1.54, 1.807) is 0 Å². The van der Waals surface area contributed by atoms with Gasteiger partial charge in [0.15, 0.2) is 6.04 Å². The van der Waals surface area contributed by atoms with E-state index >= 15 is 0 Å². The normalized spacial score (nSPS) is 16.8. The van der Waals surface area contributed by atoms with E-state index in [4.69, 9.17) is 0 Å². The number of hydrogen-bond acceptors (Lipinski definition) is 4. The highest BCUT2D eigenvalue weighted by Gasteiger charge is 2.36. The summed E-state index contributed by atoms with van der Waals surface area (Å²) >= 11 is 0. The van der Waals surface area contributed by atoms with E-state index in [1.807, 2.05) is 22.9 Å². The molecular weight excluding hydrogens is 367 g/mol. The SMILES string of the molecule is CC(C)(C)n1nnnc1[C@H](c1ccc(F)cc1)[NH+]1CCN(c2ccccc2)CC1. The molecule has 6 nitrogen and oxygen atoms in total. The average molecular weight is 396 g/mol. The molecule has 152 valence electrons. The van der Waals surface area contributed by atoms with Gasteiger partial charge < -0.3 is 9.80 Å². The maximum absolute atomic E-state index is 13.6. The Hall–Kier alpha value is -2.80. The van der Waals surface area contributed by atoms with Gasteiger partial charge in [-0.3, -0.25) is 0 Å². The fourth-order valence-electron chi connectivity index (χ4n) is 4.05. The van der Waals surface area contributed by atoms with Crippen LogP contribution >= 0.6 is 0 Å². The quantitative estimate of drug-likeness (QED) is 0.735. The van der Waals surface area contributed by atoms with Crippen LogP contribution in [0.1, 0.15) is 38.2 Å². The number of nitrogens with zero attached hydrogens (tertiary/aromatic N) is 5. The first kappa shape index (κ1) is 19.5. The minimum absolute atomic E-state index is 0.0391.